The van der Waals surface area contributed by atoms with E-state index in [9.17, 15) is 12.8 Å². The molecule has 0 aliphatic rings. The number of amidine groups is 1. The fourth-order valence-corrected chi connectivity index (χ4v) is 2.90. The molecule has 6 nitrogen and oxygen atoms in total. The van der Waals surface area contributed by atoms with Crippen LogP contribution in [-0.4, -0.2) is 36.9 Å². The van der Waals surface area contributed by atoms with Crippen LogP contribution in [0, 0.1) is 5.82 Å². The zero-order valence-electron chi connectivity index (χ0n) is 10.6. The van der Waals surface area contributed by atoms with Crippen molar-refractivity contribution < 1.29 is 18.0 Å². The average molecular weight is 289 g/mol. The first-order chi connectivity index (χ1) is 8.78. The molecule has 0 fully saturated rings. The van der Waals surface area contributed by atoms with Crippen LogP contribution in [0.25, 0.3) is 0 Å². The second-order valence-electron chi connectivity index (χ2n) is 4.12. The Balaban J connectivity index is 3.00. The van der Waals surface area contributed by atoms with Gasteiger partial charge in [0.05, 0.1) is 4.90 Å². The van der Waals surface area contributed by atoms with Crippen molar-refractivity contribution in [3.63, 3.8) is 0 Å². The highest BCUT2D eigenvalue weighted by atomic mass is 32.2. The molecule has 0 saturated carbocycles. The van der Waals surface area contributed by atoms with Gasteiger partial charge in [-0.2, -0.15) is 4.31 Å². The maximum Gasteiger partial charge on any atom is 0.243 e. The van der Waals surface area contributed by atoms with E-state index in [1.807, 2.05) is 0 Å². The van der Waals surface area contributed by atoms with Crippen molar-refractivity contribution in [2.45, 2.75) is 24.3 Å². The molecule has 1 rings (SSSR count). The van der Waals surface area contributed by atoms with Gasteiger partial charge in [-0.3, -0.25) is 0 Å². The van der Waals surface area contributed by atoms with E-state index >= 15 is 0 Å². The minimum atomic E-state index is -3.81. The lowest BCUT2D eigenvalue weighted by atomic mass is 10.2. The van der Waals surface area contributed by atoms with Crippen LogP contribution in [0.5, 0.6) is 0 Å². The summed E-state index contributed by atoms with van der Waals surface area (Å²) < 4.78 is 38.6. The van der Waals surface area contributed by atoms with E-state index in [1.165, 1.54) is 25.2 Å². The second-order valence-corrected chi connectivity index (χ2v) is 6.12. The number of sulfonamides is 1. The number of nitrogens with zero attached hydrogens (tertiary/aromatic N) is 2. The topological polar surface area (TPSA) is 96.0 Å². The van der Waals surface area contributed by atoms with E-state index in [4.69, 9.17) is 10.9 Å². The molecule has 0 aliphatic heterocycles. The van der Waals surface area contributed by atoms with Crippen LogP contribution in [0.4, 0.5) is 4.39 Å². The van der Waals surface area contributed by atoms with Gasteiger partial charge in [-0.25, -0.2) is 12.8 Å². The van der Waals surface area contributed by atoms with Crippen molar-refractivity contribution in [2.24, 2.45) is 10.9 Å². The largest absolute Gasteiger partial charge is 0.409 e. The maximum absolute atomic E-state index is 13.1. The highest BCUT2D eigenvalue weighted by Crippen LogP contribution is 2.18. The van der Waals surface area contributed by atoms with Crippen LogP contribution in [-0.2, 0) is 10.0 Å². The zero-order chi connectivity index (χ0) is 14.6. The second kappa shape index (κ2) is 5.98. The fourth-order valence-electron chi connectivity index (χ4n) is 1.50. The Hall–Kier alpha value is -1.67. The Morgan fingerprint density at radius 3 is 2.74 bits per heavy atom. The van der Waals surface area contributed by atoms with Gasteiger partial charge in [0.1, 0.15) is 11.7 Å². The van der Waals surface area contributed by atoms with E-state index in [0.29, 0.717) is 0 Å². The number of hydrogen-bond donors (Lipinski definition) is 2. The molecular weight excluding hydrogens is 273 g/mol. The van der Waals surface area contributed by atoms with Crippen LogP contribution in [0.3, 0.4) is 0 Å². The first-order valence-electron chi connectivity index (χ1n) is 5.49. The van der Waals surface area contributed by atoms with Gasteiger partial charge in [-0.1, -0.05) is 11.2 Å². The van der Waals surface area contributed by atoms with Crippen molar-refractivity contribution in [3.8, 4) is 0 Å². The summed E-state index contributed by atoms with van der Waals surface area (Å²) in [5.74, 6) is -0.702. The van der Waals surface area contributed by atoms with Gasteiger partial charge in [0.25, 0.3) is 0 Å². The lowest BCUT2D eigenvalue weighted by molar-refractivity contribution is 0.313. The Morgan fingerprint density at radius 2 is 2.21 bits per heavy atom. The minimum Gasteiger partial charge on any atom is -0.409 e. The highest BCUT2D eigenvalue weighted by Gasteiger charge is 2.26. The summed E-state index contributed by atoms with van der Waals surface area (Å²) in [6.07, 6.45) is 0.0710. The molecule has 0 bridgehead atoms. The van der Waals surface area contributed by atoms with E-state index in [0.717, 1.165) is 10.4 Å². The predicted molar refractivity (Wildman–Crippen MR) is 68.8 cm³/mol. The molecule has 8 heteroatoms. The summed E-state index contributed by atoms with van der Waals surface area (Å²) in [4.78, 5) is -0.138. The third-order valence-electron chi connectivity index (χ3n) is 2.73. The van der Waals surface area contributed by atoms with Gasteiger partial charge in [0.15, 0.2) is 0 Å². The van der Waals surface area contributed by atoms with Crippen LogP contribution in [0.15, 0.2) is 34.3 Å². The quantitative estimate of drug-likeness (QED) is 0.365. The monoisotopic (exact) mass is 289 g/mol. The van der Waals surface area contributed by atoms with Gasteiger partial charge >= 0.3 is 0 Å². The van der Waals surface area contributed by atoms with Crippen LogP contribution in [0.2, 0.25) is 0 Å². The standard InChI is InChI=1S/C11H16FN3O3S/c1-8(6-11(13)14-16)15(2)19(17,18)10-5-3-4-9(12)7-10/h3-5,7-8,16H,6H2,1-2H3,(H2,13,14). The molecule has 19 heavy (non-hydrogen) atoms. The Bertz CT molecular complexity index is 574. The van der Waals surface area contributed by atoms with E-state index < -0.39 is 21.9 Å². The maximum atomic E-state index is 13.1. The number of benzene rings is 1. The number of halogens is 1. The van der Waals surface area contributed by atoms with Gasteiger partial charge in [0.2, 0.25) is 10.0 Å². The molecule has 1 aromatic carbocycles. The Kier molecular flexibility index (Phi) is 4.84. The van der Waals surface area contributed by atoms with Crippen LogP contribution < -0.4 is 5.73 Å². The number of rotatable bonds is 5. The molecule has 0 spiro atoms. The van der Waals surface area contributed by atoms with Gasteiger partial charge < -0.3 is 10.9 Å². The van der Waals surface area contributed by atoms with Crippen molar-refractivity contribution in [1.82, 2.24) is 4.31 Å². The first-order valence-corrected chi connectivity index (χ1v) is 6.93. The molecule has 106 valence electrons. The molecule has 0 radical (unpaired) electrons. The molecule has 0 heterocycles. The van der Waals surface area contributed by atoms with Gasteiger partial charge in [0, 0.05) is 19.5 Å². The molecule has 1 aromatic rings. The molecule has 0 saturated heterocycles. The number of oxime groups is 1. The van der Waals surface area contributed by atoms with Crippen LogP contribution >= 0.6 is 0 Å². The van der Waals surface area contributed by atoms with Crippen LogP contribution in [0.1, 0.15) is 13.3 Å². The summed E-state index contributed by atoms with van der Waals surface area (Å²) >= 11 is 0. The molecule has 1 atom stereocenters. The van der Waals surface area contributed by atoms with E-state index in [-0.39, 0.29) is 17.2 Å². The summed E-state index contributed by atoms with van der Waals surface area (Å²) in [5.41, 5.74) is 5.34. The van der Waals surface area contributed by atoms with E-state index in [1.54, 1.807) is 6.92 Å². The Labute approximate surface area is 111 Å². The molecule has 3 N–H and O–H groups in total. The van der Waals surface area contributed by atoms with E-state index in [2.05, 4.69) is 5.16 Å². The molecule has 1 unspecified atom stereocenters. The number of hydrogen-bond acceptors (Lipinski definition) is 4. The van der Waals surface area contributed by atoms with Crippen molar-refractivity contribution in [1.29, 1.82) is 0 Å². The number of nitrogens with two attached hydrogens (primary N) is 1. The first kappa shape index (κ1) is 15.4. The smallest absolute Gasteiger partial charge is 0.243 e. The molecular formula is C11H16FN3O3S. The summed E-state index contributed by atoms with van der Waals surface area (Å²) in [6, 6.07) is 4.22. The lowest BCUT2D eigenvalue weighted by Gasteiger charge is -2.23. The third-order valence-corrected chi connectivity index (χ3v) is 4.69. The molecule has 0 aromatic heterocycles. The average Bonchev–Trinajstić information content (AvgIpc) is 2.37. The zero-order valence-corrected chi connectivity index (χ0v) is 11.4. The summed E-state index contributed by atoms with van der Waals surface area (Å²) in [6.45, 7) is 1.61. The van der Waals surface area contributed by atoms with Gasteiger partial charge in [-0.15, -0.1) is 0 Å². The normalized spacial score (nSPS) is 14.6. The predicted octanol–water partition coefficient (Wildman–Crippen LogP) is 0.971. The van der Waals surface area contributed by atoms with Crippen molar-refractivity contribution >= 4 is 15.9 Å². The SMILES string of the molecule is CC(CC(N)=NO)N(C)S(=O)(=O)c1cccc(F)c1. The third kappa shape index (κ3) is 3.65. The Morgan fingerprint density at radius 1 is 1.58 bits per heavy atom. The van der Waals surface area contributed by atoms with Gasteiger partial charge in [-0.05, 0) is 25.1 Å². The minimum absolute atomic E-state index is 0.0710. The highest BCUT2D eigenvalue weighted by molar-refractivity contribution is 7.89. The molecule has 0 aliphatic carbocycles. The van der Waals surface area contributed by atoms with Crippen molar-refractivity contribution in [2.75, 3.05) is 7.05 Å². The summed E-state index contributed by atoms with van der Waals surface area (Å²) in [7, 11) is -2.46. The van der Waals surface area contributed by atoms with Crippen molar-refractivity contribution in [3.05, 3.63) is 30.1 Å². The summed E-state index contributed by atoms with van der Waals surface area (Å²) in [5, 5.41) is 11.3. The molecule has 0 amide bonds. The fraction of sp³-hybridized carbons (Fsp3) is 0.364. The lowest BCUT2D eigenvalue weighted by Crippen LogP contribution is -2.37.